The molecule has 0 radical (unpaired) electrons. The van der Waals surface area contributed by atoms with Crippen molar-refractivity contribution in [1.82, 2.24) is 10.6 Å². The highest BCUT2D eigenvalue weighted by Crippen LogP contribution is 2.07. The normalized spacial score (nSPS) is 10.0. The van der Waals surface area contributed by atoms with Gasteiger partial charge in [-0.05, 0) is 35.4 Å². The first-order chi connectivity index (χ1) is 11.5. The van der Waals surface area contributed by atoms with Gasteiger partial charge in [-0.3, -0.25) is 9.59 Å². The van der Waals surface area contributed by atoms with E-state index in [2.05, 4.69) is 10.6 Å². The number of carbonyl (C=O) groups excluding carboxylic acids is 2. The lowest BCUT2D eigenvalue weighted by Gasteiger charge is -2.07. The molecule has 0 spiro atoms. The van der Waals surface area contributed by atoms with E-state index in [1.54, 1.807) is 36.4 Å². The van der Waals surface area contributed by atoms with Crippen LogP contribution in [0.2, 0.25) is 0 Å². The standard InChI is InChI=1S/C18H18N2O4/c1-12(21)19-10-13-2-6-15(7-3-13)17(22)20-11-14-4-8-16(9-5-14)18(23)24/h2-9H,10-11H2,1H3,(H,19,21)(H,20,22)(H,23,24). The van der Waals surface area contributed by atoms with Crippen LogP contribution in [0.1, 0.15) is 38.8 Å². The molecule has 0 aliphatic heterocycles. The number of carboxylic acids is 1. The highest BCUT2D eigenvalue weighted by molar-refractivity contribution is 5.94. The Morgan fingerprint density at radius 1 is 0.792 bits per heavy atom. The first kappa shape index (κ1) is 17.2. The summed E-state index contributed by atoms with van der Waals surface area (Å²) in [6.45, 7) is 2.18. The highest BCUT2D eigenvalue weighted by atomic mass is 16.4. The Morgan fingerprint density at radius 2 is 1.25 bits per heavy atom. The lowest BCUT2D eigenvalue weighted by atomic mass is 10.1. The fraction of sp³-hybridized carbons (Fsp3) is 0.167. The molecule has 2 rings (SSSR count). The van der Waals surface area contributed by atoms with Crippen LogP contribution < -0.4 is 10.6 Å². The Hall–Kier alpha value is -3.15. The molecule has 0 saturated heterocycles. The molecular weight excluding hydrogens is 308 g/mol. The largest absolute Gasteiger partial charge is 0.478 e. The average molecular weight is 326 g/mol. The third kappa shape index (κ3) is 4.95. The molecule has 0 fully saturated rings. The predicted molar refractivity (Wildman–Crippen MR) is 88.5 cm³/mol. The number of carboxylic acid groups (broad SMARTS) is 1. The topological polar surface area (TPSA) is 95.5 Å². The molecule has 2 aromatic rings. The van der Waals surface area contributed by atoms with E-state index in [-0.39, 0.29) is 17.4 Å². The number of carbonyl (C=O) groups is 3. The van der Waals surface area contributed by atoms with Crippen molar-refractivity contribution in [2.24, 2.45) is 0 Å². The first-order valence-corrected chi connectivity index (χ1v) is 7.39. The van der Waals surface area contributed by atoms with Gasteiger partial charge in [-0.25, -0.2) is 4.79 Å². The molecule has 2 amide bonds. The maximum atomic E-state index is 12.1. The van der Waals surface area contributed by atoms with Crippen LogP contribution >= 0.6 is 0 Å². The fourth-order valence-corrected chi connectivity index (χ4v) is 2.05. The summed E-state index contributed by atoms with van der Waals surface area (Å²) in [5.41, 5.74) is 2.45. The summed E-state index contributed by atoms with van der Waals surface area (Å²) in [5, 5.41) is 14.3. The Balaban J connectivity index is 1.90. The molecule has 124 valence electrons. The van der Waals surface area contributed by atoms with Crippen LogP contribution in [0.15, 0.2) is 48.5 Å². The van der Waals surface area contributed by atoms with Crippen molar-refractivity contribution >= 4 is 17.8 Å². The number of nitrogens with one attached hydrogen (secondary N) is 2. The van der Waals surface area contributed by atoms with E-state index in [0.29, 0.717) is 18.7 Å². The summed E-state index contributed by atoms with van der Waals surface area (Å²) in [6, 6.07) is 13.3. The second kappa shape index (κ2) is 7.92. The van der Waals surface area contributed by atoms with Crippen LogP contribution in [-0.2, 0) is 17.9 Å². The molecule has 24 heavy (non-hydrogen) atoms. The minimum absolute atomic E-state index is 0.106. The van der Waals surface area contributed by atoms with Crippen LogP contribution in [0.5, 0.6) is 0 Å². The molecule has 2 aromatic carbocycles. The van der Waals surface area contributed by atoms with Crippen LogP contribution in [0.4, 0.5) is 0 Å². The van der Waals surface area contributed by atoms with Gasteiger partial charge in [-0.2, -0.15) is 0 Å². The fourth-order valence-electron chi connectivity index (χ4n) is 2.05. The molecule has 0 unspecified atom stereocenters. The zero-order valence-electron chi connectivity index (χ0n) is 13.2. The van der Waals surface area contributed by atoms with Crippen LogP contribution in [0.25, 0.3) is 0 Å². The molecule has 6 heteroatoms. The summed E-state index contributed by atoms with van der Waals surface area (Å²) in [4.78, 5) is 33.7. The monoisotopic (exact) mass is 326 g/mol. The SMILES string of the molecule is CC(=O)NCc1ccc(C(=O)NCc2ccc(C(=O)O)cc2)cc1. The van der Waals surface area contributed by atoms with Crippen LogP contribution in [0.3, 0.4) is 0 Å². The Kier molecular flexibility index (Phi) is 5.68. The number of hydrogen-bond acceptors (Lipinski definition) is 3. The Morgan fingerprint density at radius 3 is 1.71 bits per heavy atom. The van der Waals surface area contributed by atoms with Crippen molar-refractivity contribution in [2.75, 3.05) is 0 Å². The summed E-state index contributed by atoms with van der Waals surface area (Å²) >= 11 is 0. The smallest absolute Gasteiger partial charge is 0.335 e. The summed E-state index contributed by atoms with van der Waals surface area (Å²) in [5.74, 6) is -1.31. The van der Waals surface area contributed by atoms with Gasteiger partial charge in [0.05, 0.1) is 5.56 Å². The summed E-state index contributed by atoms with van der Waals surface area (Å²) in [6.07, 6.45) is 0. The van der Waals surface area contributed by atoms with Gasteiger partial charge in [0, 0.05) is 25.6 Å². The maximum Gasteiger partial charge on any atom is 0.335 e. The van der Waals surface area contributed by atoms with Gasteiger partial charge in [0.15, 0.2) is 0 Å². The van der Waals surface area contributed by atoms with Crippen molar-refractivity contribution in [3.05, 3.63) is 70.8 Å². The first-order valence-electron chi connectivity index (χ1n) is 7.39. The van der Waals surface area contributed by atoms with E-state index < -0.39 is 5.97 Å². The van der Waals surface area contributed by atoms with Crippen LogP contribution in [0, 0.1) is 0 Å². The highest BCUT2D eigenvalue weighted by Gasteiger charge is 2.06. The molecule has 0 heterocycles. The van der Waals surface area contributed by atoms with Gasteiger partial charge in [-0.1, -0.05) is 24.3 Å². The number of rotatable bonds is 6. The summed E-state index contributed by atoms with van der Waals surface area (Å²) < 4.78 is 0. The summed E-state index contributed by atoms with van der Waals surface area (Å²) in [7, 11) is 0. The molecule has 0 aromatic heterocycles. The van der Waals surface area contributed by atoms with E-state index in [1.807, 2.05) is 0 Å². The molecular formula is C18H18N2O4. The molecule has 0 saturated carbocycles. The number of aromatic carboxylic acids is 1. The second-order valence-corrected chi connectivity index (χ2v) is 5.29. The van der Waals surface area contributed by atoms with Crippen molar-refractivity contribution in [3.8, 4) is 0 Å². The van der Waals surface area contributed by atoms with Gasteiger partial charge < -0.3 is 15.7 Å². The molecule has 3 N–H and O–H groups in total. The van der Waals surface area contributed by atoms with Crippen molar-refractivity contribution in [3.63, 3.8) is 0 Å². The molecule has 0 atom stereocenters. The third-order valence-electron chi connectivity index (χ3n) is 3.41. The molecule has 0 aliphatic carbocycles. The van der Waals surface area contributed by atoms with E-state index >= 15 is 0 Å². The lowest BCUT2D eigenvalue weighted by Crippen LogP contribution is -2.23. The molecule has 0 aliphatic rings. The van der Waals surface area contributed by atoms with Gasteiger partial charge in [0.2, 0.25) is 5.91 Å². The van der Waals surface area contributed by atoms with Crippen LogP contribution in [-0.4, -0.2) is 22.9 Å². The van der Waals surface area contributed by atoms with E-state index in [4.69, 9.17) is 5.11 Å². The van der Waals surface area contributed by atoms with Gasteiger partial charge in [0.25, 0.3) is 5.91 Å². The maximum absolute atomic E-state index is 12.1. The second-order valence-electron chi connectivity index (χ2n) is 5.29. The zero-order valence-corrected chi connectivity index (χ0v) is 13.2. The van der Waals surface area contributed by atoms with E-state index in [9.17, 15) is 14.4 Å². The van der Waals surface area contributed by atoms with Crippen molar-refractivity contribution in [1.29, 1.82) is 0 Å². The average Bonchev–Trinajstić information content (AvgIpc) is 2.58. The van der Waals surface area contributed by atoms with E-state index in [0.717, 1.165) is 11.1 Å². The van der Waals surface area contributed by atoms with Gasteiger partial charge >= 0.3 is 5.97 Å². The number of hydrogen-bond donors (Lipinski definition) is 3. The van der Waals surface area contributed by atoms with Gasteiger partial charge in [0.1, 0.15) is 0 Å². The predicted octanol–water partition coefficient (Wildman–Crippen LogP) is 1.95. The quantitative estimate of drug-likeness (QED) is 0.756. The van der Waals surface area contributed by atoms with Gasteiger partial charge in [-0.15, -0.1) is 0 Å². The zero-order chi connectivity index (χ0) is 17.5. The Bertz CT molecular complexity index is 737. The molecule has 6 nitrogen and oxygen atoms in total. The molecule has 0 bridgehead atoms. The third-order valence-corrected chi connectivity index (χ3v) is 3.41. The van der Waals surface area contributed by atoms with E-state index in [1.165, 1.54) is 19.1 Å². The van der Waals surface area contributed by atoms with Crippen molar-refractivity contribution < 1.29 is 19.5 Å². The number of benzene rings is 2. The Labute approximate surface area is 139 Å². The van der Waals surface area contributed by atoms with Crippen molar-refractivity contribution in [2.45, 2.75) is 20.0 Å². The number of amides is 2. The minimum atomic E-state index is -0.982. The lowest BCUT2D eigenvalue weighted by molar-refractivity contribution is -0.119. The minimum Gasteiger partial charge on any atom is -0.478 e.